The Balaban J connectivity index is 1.15. The van der Waals surface area contributed by atoms with Gasteiger partial charge in [0, 0.05) is 30.5 Å². The number of thioether (sulfide) groups is 1. The van der Waals surface area contributed by atoms with Crippen molar-refractivity contribution in [3.63, 3.8) is 0 Å². The Morgan fingerprint density at radius 2 is 2.13 bits per heavy atom. The number of nitrogens with one attached hydrogen (secondary N) is 2. The first-order valence-corrected chi connectivity index (χ1v) is 10.2. The number of nitrogens with zero attached hydrogens (tertiary/aromatic N) is 1. The molecule has 3 saturated heterocycles. The molecule has 3 amide bonds. The molecule has 0 aromatic carbocycles. The number of fused-ring (bicyclic) bond motifs is 1. The molecule has 4 aliphatic rings. The molecule has 6 heteroatoms. The van der Waals surface area contributed by atoms with Crippen molar-refractivity contribution in [3.05, 3.63) is 0 Å². The molecule has 128 valence electrons. The lowest BCUT2D eigenvalue weighted by Gasteiger charge is -2.38. The molecule has 3 aliphatic heterocycles. The fraction of sp³-hybridized carbons (Fsp3) is 0.882. The van der Waals surface area contributed by atoms with Crippen LogP contribution < -0.4 is 10.6 Å². The number of hydrogen-bond donors (Lipinski definition) is 2. The van der Waals surface area contributed by atoms with Gasteiger partial charge in [0.15, 0.2) is 0 Å². The molecule has 0 radical (unpaired) electrons. The lowest BCUT2D eigenvalue weighted by Crippen LogP contribution is -2.37. The molecule has 1 saturated carbocycles. The fourth-order valence-electron chi connectivity index (χ4n) is 4.66. The number of amides is 3. The lowest BCUT2D eigenvalue weighted by molar-refractivity contribution is -0.131. The van der Waals surface area contributed by atoms with Crippen LogP contribution in [0.1, 0.15) is 51.4 Å². The Morgan fingerprint density at radius 1 is 1.26 bits per heavy atom. The Labute approximate surface area is 142 Å². The summed E-state index contributed by atoms with van der Waals surface area (Å²) in [5.41, 5.74) is 0.513. The average molecular weight is 337 g/mol. The maximum absolute atomic E-state index is 12.3. The second kappa shape index (κ2) is 6.19. The standard InChI is InChI=1S/C17H27N3O2S/c21-14(20-9-8-17(11-20)6-3-7-17)5-2-1-4-13-15-12(10-23-13)18-16(22)19-15/h12-13,15H,1-11H2,(H2,18,19,22)/t12-,13-,15+/m1/s1. The van der Waals surface area contributed by atoms with Gasteiger partial charge in [0.25, 0.3) is 0 Å². The van der Waals surface area contributed by atoms with Crippen LogP contribution in [0.15, 0.2) is 0 Å². The van der Waals surface area contributed by atoms with Crippen molar-refractivity contribution in [3.8, 4) is 0 Å². The molecular weight excluding hydrogens is 310 g/mol. The number of unbranched alkanes of at least 4 members (excludes halogenated alkanes) is 1. The highest BCUT2D eigenvalue weighted by Crippen LogP contribution is 2.48. The van der Waals surface area contributed by atoms with Gasteiger partial charge in [-0.3, -0.25) is 4.79 Å². The van der Waals surface area contributed by atoms with E-state index in [2.05, 4.69) is 15.5 Å². The van der Waals surface area contributed by atoms with E-state index in [0.29, 0.717) is 35.1 Å². The van der Waals surface area contributed by atoms with Crippen LogP contribution in [0.4, 0.5) is 4.79 Å². The van der Waals surface area contributed by atoms with Gasteiger partial charge in [-0.15, -0.1) is 0 Å². The van der Waals surface area contributed by atoms with E-state index >= 15 is 0 Å². The summed E-state index contributed by atoms with van der Waals surface area (Å²) in [4.78, 5) is 25.8. The fourth-order valence-corrected chi connectivity index (χ4v) is 6.20. The molecule has 0 unspecified atom stereocenters. The van der Waals surface area contributed by atoms with Crippen LogP contribution in [0.3, 0.4) is 0 Å². The van der Waals surface area contributed by atoms with Gasteiger partial charge in [-0.05, 0) is 37.5 Å². The summed E-state index contributed by atoms with van der Waals surface area (Å²) in [5.74, 6) is 1.38. The molecular formula is C17H27N3O2S. The molecule has 0 bridgehead atoms. The second-order valence-electron chi connectivity index (χ2n) is 7.79. The van der Waals surface area contributed by atoms with Crippen LogP contribution in [0.2, 0.25) is 0 Å². The zero-order chi connectivity index (χ0) is 15.9. The van der Waals surface area contributed by atoms with Crippen molar-refractivity contribution in [2.45, 2.75) is 68.7 Å². The summed E-state index contributed by atoms with van der Waals surface area (Å²) >= 11 is 1.96. The molecule has 0 aromatic rings. The SMILES string of the molecule is O=C1N[C@H]2[C@@H](CS[C@@H]2CCCCC(=O)N2CCC3(CCC3)C2)N1. The number of carbonyl (C=O) groups is 2. The zero-order valence-electron chi connectivity index (χ0n) is 13.7. The van der Waals surface area contributed by atoms with Crippen LogP contribution in [0, 0.1) is 5.41 Å². The van der Waals surface area contributed by atoms with E-state index in [9.17, 15) is 9.59 Å². The molecule has 4 fully saturated rings. The maximum atomic E-state index is 12.3. The number of urea groups is 1. The summed E-state index contributed by atoms with van der Waals surface area (Å²) in [6, 6.07) is 0.585. The van der Waals surface area contributed by atoms with E-state index in [1.807, 2.05) is 11.8 Å². The highest BCUT2D eigenvalue weighted by molar-refractivity contribution is 8.00. The molecule has 3 atom stereocenters. The van der Waals surface area contributed by atoms with E-state index in [1.54, 1.807) is 0 Å². The third kappa shape index (κ3) is 3.06. The first-order chi connectivity index (χ1) is 11.2. The zero-order valence-corrected chi connectivity index (χ0v) is 14.5. The Bertz CT molecular complexity index is 494. The van der Waals surface area contributed by atoms with Crippen molar-refractivity contribution in [2.75, 3.05) is 18.8 Å². The number of likely N-dealkylation sites (tertiary alicyclic amines) is 1. The van der Waals surface area contributed by atoms with E-state index in [4.69, 9.17) is 0 Å². The number of carbonyl (C=O) groups excluding carboxylic acids is 2. The van der Waals surface area contributed by atoms with Crippen molar-refractivity contribution in [2.24, 2.45) is 5.41 Å². The predicted octanol–water partition coefficient (Wildman–Crippen LogP) is 2.11. The molecule has 0 aromatic heterocycles. The summed E-state index contributed by atoms with van der Waals surface area (Å²) in [5, 5.41) is 6.53. The molecule has 23 heavy (non-hydrogen) atoms. The molecule has 4 rings (SSSR count). The first kappa shape index (κ1) is 15.6. The van der Waals surface area contributed by atoms with Gasteiger partial charge in [0.05, 0.1) is 12.1 Å². The minimum atomic E-state index is -0.0144. The second-order valence-corrected chi connectivity index (χ2v) is 9.06. The summed E-state index contributed by atoms with van der Waals surface area (Å²) in [7, 11) is 0. The normalized spacial score (nSPS) is 34.2. The maximum Gasteiger partial charge on any atom is 0.315 e. The van der Waals surface area contributed by atoms with Crippen LogP contribution in [0.25, 0.3) is 0 Å². The van der Waals surface area contributed by atoms with Crippen LogP contribution in [-0.4, -0.2) is 53.0 Å². The van der Waals surface area contributed by atoms with Gasteiger partial charge >= 0.3 is 6.03 Å². The van der Waals surface area contributed by atoms with Crippen molar-refractivity contribution in [1.29, 1.82) is 0 Å². The first-order valence-electron chi connectivity index (χ1n) is 9.12. The van der Waals surface area contributed by atoms with Gasteiger partial charge in [-0.1, -0.05) is 12.8 Å². The third-order valence-electron chi connectivity index (χ3n) is 6.27. The molecule has 2 N–H and O–H groups in total. The largest absolute Gasteiger partial charge is 0.342 e. The Hall–Kier alpha value is -0.910. The van der Waals surface area contributed by atoms with E-state index < -0.39 is 0 Å². The molecule has 3 heterocycles. The van der Waals surface area contributed by atoms with Gasteiger partial charge in [0.1, 0.15) is 0 Å². The number of hydrogen-bond acceptors (Lipinski definition) is 3. The van der Waals surface area contributed by atoms with Gasteiger partial charge in [-0.25, -0.2) is 4.79 Å². The minimum absolute atomic E-state index is 0.0144. The van der Waals surface area contributed by atoms with Gasteiger partial charge in [-0.2, -0.15) is 11.8 Å². The van der Waals surface area contributed by atoms with Crippen molar-refractivity contribution in [1.82, 2.24) is 15.5 Å². The van der Waals surface area contributed by atoms with Gasteiger partial charge in [0.2, 0.25) is 5.91 Å². The molecule has 5 nitrogen and oxygen atoms in total. The van der Waals surface area contributed by atoms with Crippen LogP contribution in [0.5, 0.6) is 0 Å². The Morgan fingerprint density at radius 3 is 2.87 bits per heavy atom. The van der Waals surface area contributed by atoms with E-state index in [0.717, 1.165) is 38.1 Å². The minimum Gasteiger partial charge on any atom is -0.342 e. The van der Waals surface area contributed by atoms with E-state index in [1.165, 1.54) is 25.7 Å². The predicted molar refractivity (Wildman–Crippen MR) is 91.4 cm³/mol. The summed E-state index contributed by atoms with van der Waals surface area (Å²) in [6.07, 6.45) is 9.12. The van der Waals surface area contributed by atoms with Crippen LogP contribution >= 0.6 is 11.8 Å². The lowest BCUT2D eigenvalue weighted by atomic mass is 9.68. The molecule has 1 aliphatic carbocycles. The summed E-state index contributed by atoms with van der Waals surface area (Å²) in [6.45, 7) is 2.00. The topological polar surface area (TPSA) is 61.4 Å². The Kier molecular flexibility index (Phi) is 4.20. The van der Waals surface area contributed by atoms with Crippen LogP contribution in [-0.2, 0) is 4.79 Å². The van der Waals surface area contributed by atoms with Crippen molar-refractivity contribution < 1.29 is 9.59 Å². The monoisotopic (exact) mass is 337 g/mol. The average Bonchev–Trinajstić information content (AvgIpc) is 3.17. The third-order valence-corrected chi connectivity index (χ3v) is 7.78. The highest BCUT2D eigenvalue weighted by Gasteiger charge is 2.44. The molecule has 1 spiro atoms. The number of rotatable bonds is 5. The van der Waals surface area contributed by atoms with E-state index in [-0.39, 0.29) is 6.03 Å². The smallest absolute Gasteiger partial charge is 0.315 e. The summed E-state index contributed by atoms with van der Waals surface area (Å²) < 4.78 is 0. The van der Waals surface area contributed by atoms with Gasteiger partial charge < -0.3 is 15.5 Å². The highest BCUT2D eigenvalue weighted by atomic mass is 32.2. The van der Waals surface area contributed by atoms with Crippen molar-refractivity contribution >= 4 is 23.7 Å². The quantitative estimate of drug-likeness (QED) is 0.597.